The Hall–Kier alpha value is -1.04. The minimum absolute atomic E-state index is 0. The molecule has 0 heteroatoms. The minimum Gasteiger partial charge on any atom is -0.341 e. The van der Waals surface area contributed by atoms with Crippen LogP contribution in [0.5, 0.6) is 0 Å². The van der Waals surface area contributed by atoms with E-state index >= 15 is 0 Å². The molecule has 0 saturated carbocycles. The zero-order valence-electron chi connectivity index (χ0n) is 24.9. The van der Waals surface area contributed by atoms with Crippen molar-refractivity contribution in [3.63, 3.8) is 0 Å². The average Bonchev–Trinajstić information content (AvgIpc) is 2.43. The Morgan fingerprint density at radius 1 is 0.774 bits per heavy atom. The van der Waals surface area contributed by atoms with Gasteiger partial charge >= 0.3 is 0 Å². The Morgan fingerprint density at radius 2 is 0.839 bits per heavy atom. The quantitative estimate of drug-likeness (QED) is 0.282. The predicted octanol–water partition coefficient (Wildman–Crippen LogP) is 11.5. The molecule has 0 N–H and O–H groups in total. The molecule has 0 bridgehead atoms. The maximum absolute atomic E-state index is 3.73. The highest BCUT2D eigenvalue weighted by Gasteiger charge is 1.96. The summed E-state index contributed by atoms with van der Waals surface area (Å²) in [5, 5.41) is 0. The highest BCUT2D eigenvalue weighted by atomic mass is 14.0. The van der Waals surface area contributed by atoms with Crippen LogP contribution in [0, 0.1) is 63.7 Å². The molecule has 0 aromatic heterocycles. The van der Waals surface area contributed by atoms with Crippen LogP contribution in [-0.4, -0.2) is 0 Å². The Labute approximate surface area is 204 Å². The number of allylic oxidation sites excluding steroid dienone is 4. The maximum Gasteiger partial charge on any atom is 0.0358 e. The van der Waals surface area contributed by atoms with Crippen LogP contribution in [0.2, 0.25) is 0 Å². The summed E-state index contributed by atoms with van der Waals surface area (Å²) in [5.41, 5.74) is 2.33. The first-order valence-corrected chi connectivity index (χ1v) is 11.5. The fraction of sp³-hybridized carbons (Fsp3) is 0.645. The first-order valence-electron chi connectivity index (χ1n) is 11.5. The van der Waals surface area contributed by atoms with Crippen molar-refractivity contribution in [2.75, 3.05) is 0 Å². The molecule has 0 fully saturated rings. The van der Waals surface area contributed by atoms with E-state index in [1.807, 2.05) is 67.5 Å². The van der Waals surface area contributed by atoms with Crippen molar-refractivity contribution >= 4 is 0 Å². The molecule has 0 aliphatic rings. The fourth-order valence-corrected chi connectivity index (χ4v) is 0. The summed E-state index contributed by atoms with van der Waals surface area (Å²) < 4.78 is 0. The molecule has 0 aliphatic heterocycles. The minimum atomic E-state index is 0. The van der Waals surface area contributed by atoms with E-state index in [1.54, 1.807) is 0 Å². The molecule has 0 atom stereocenters. The van der Waals surface area contributed by atoms with Crippen LogP contribution in [0.3, 0.4) is 0 Å². The molecule has 0 unspecified atom stereocenters. The molecular formula is C31H65-. The Morgan fingerprint density at radius 3 is 0.839 bits per heavy atom. The summed E-state index contributed by atoms with van der Waals surface area (Å²) >= 11 is 0. The van der Waals surface area contributed by atoms with E-state index in [4.69, 9.17) is 0 Å². The largest absolute Gasteiger partial charge is 0.341 e. The van der Waals surface area contributed by atoms with E-state index in [9.17, 15) is 0 Å². The third kappa shape index (κ3) is 1340. The van der Waals surface area contributed by atoms with Crippen LogP contribution in [0.25, 0.3) is 0 Å². The lowest BCUT2D eigenvalue weighted by Gasteiger charge is -2.06. The summed E-state index contributed by atoms with van der Waals surface area (Å²) in [7, 11) is 0. The van der Waals surface area contributed by atoms with Crippen LogP contribution in [0.4, 0.5) is 0 Å². The molecular weight excluding hydrogens is 372 g/mol. The first kappa shape index (κ1) is 47.7. The van der Waals surface area contributed by atoms with Crippen LogP contribution >= 0.6 is 0 Å². The van der Waals surface area contributed by atoms with Crippen molar-refractivity contribution in [2.24, 2.45) is 29.1 Å². The van der Waals surface area contributed by atoms with Gasteiger partial charge in [-0.15, -0.1) is 13.2 Å². The molecule has 190 valence electrons. The monoisotopic (exact) mass is 438 g/mol. The van der Waals surface area contributed by atoms with E-state index in [-0.39, 0.29) is 5.41 Å². The third-order valence-electron chi connectivity index (χ3n) is 1.28. The summed E-state index contributed by atoms with van der Waals surface area (Å²) in [4.78, 5) is 0. The molecule has 0 nitrogen and oxygen atoms in total. The third-order valence-corrected chi connectivity index (χ3v) is 1.28. The van der Waals surface area contributed by atoms with Crippen LogP contribution < -0.4 is 0 Å². The molecule has 0 radical (unpaired) electrons. The standard InChI is InChI=1S/C6H12.C5H10.C4H10.C4H9.3C4H8/c1-5(2)6(3)4;1-5(2,3)4;4*1-4(2)3;1-3-4-2/h5-6H,1-2H2,3-4H3;1-2H2,3-4H3;4H,1-3H3;4H,1H2,2-3H3;2*1H2,2-3H3;3-4H,1-2H3/q;;;-1;;;. The molecule has 31 heavy (non-hydrogen) atoms. The summed E-state index contributed by atoms with van der Waals surface area (Å²) in [6, 6.07) is 0. The molecule has 0 saturated heterocycles. The van der Waals surface area contributed by atoms with Gasteiger partial charge in [0, 0.05) is 13.8 Å². The topological polar surface area (TPSA) is 0 Å². The van der Waals surface area contributed by atoms with Gasteiger partial charge in [-0.3, -0.25) is 13.8 Å². The van der Waals surface area contributed by atoms with E-state index in [0.717, 1.165) is 5.92 Å². The summed E-state index contributed by atoms with van der Waals surface area (Å²) in [5.74, 6) is 2.40. The van der Waals surface area contributed by atoms with E-state index < -0.39 is 0 Å². The van der Waals surface area contributed by atoms with Gasteiger partial charge in [-0.1, -0.05) is 71.8 Å². The van der Waals surface area contributed by atoms with Crippen molar-refractivity contribution in [1.82, 2.24) is 0 Å². The van der Waals surface area contributed by atoms with Crippen molar-refractivity contribution in [1.29, 1.82) is 0 Å². The number of rotatable bonds is 1. The summed E-state index contributed by atoms with van der Waals surface area (Å²) in [6.07, 6.45) is 4.00. The van der Waals surface area contributed by atoms with E-state index in [1.165, 1.54) is 11.1 Å². The zero-order valence-corrected chi connectivity index (χ0v) is 24.9. The molecule has 0 amide bonds. The van der Waals surface area contributed by atoms with Gasteiger partial charge in [0.05, 0.1) is 0 Å². The number of hydrogen-bond donors (Lipinski definition) is 0. The normalized spacial score (nSPS) is 10.1. The van der Waals surface area contributed by atoms with Gasteiger partial charge in [0.25, 0.3) is 0 Å². The highest BCUT2D eigenvalue weighted by Crippen LogP contribution is 2.06. The van der Waals surface area contributed by atoms with Crippen LogP contribution in [0.15, 0.2) is 36.5 Å². The van der Waals surface area contributed by atoms with Gasteiger partial charge in [-0.2, -0.15) is 5.92 Å². The predicted molar refractivity (Wildman–Crippen MR) is 156 cm³/mol. The van der Waals surface area contributed by atoms with Gasteiger partial charge < -0.3 is 6.92 Å². The maximum atomic E-state index is 3.73. The SMILES string of the molecule is C=C(C)C.C=C(C)C.CC(C)C.CC=CC.[CH2+]C([CH2-])(C)C.[CH2+]C([CH2-])C(C)C.[CH2-]C(C)C. The van der Waals surface area contributed by atoms with Crippen molar-refractivity contribution in [2.45, 2.75) is 104 Å². The van der Waals surface area contributed by atoms with E-state index in [0.29, 0.717) is 17.8 Å². The lowest BCUT2D eigenvalue weighted by atomic mass is 10.0. The second-order valence-corrected chi connectivity index (χ2v) is 10.4. The highest BCUT2D eigenvalue weighted by molar-refractivity contribution is 4.79. The van der Waals surface area contributed by atoms with Gasteiger partial charge in [0.15, 0.2) is 0 Å². The first-order chi connectivity index (χ1) is 13.5. The molecule has 0 aromatic carbocycles. The Kier molecular flexibility index (Phi) is 55.9. The molecule has 0 heterocycles. The van der Waals surface area contributed by atoms with Gasteiger partial charge in [-0.05, 0) is 78.6 Å². The van der Waals surface area contributed by atoms with Gasteiger partial charge in [0.1, 0.15) is 0 Å². The molecule has 0 spiro atoms. The summed E-state index contributed by atoms with van der Waals surface area (Å²) in [6.45, 7) is 56.2. The van der Waals surface area contributed by atoms with Gasteiger partial charge in [0.2, 0.25) is 0 Å². The fourth-order valence-electron chi connectivity index (χ4n) is 0. The molecule has 0 rings (SSSR count). The number of hydrogen-bond acceptors (Lipinski definition) is 0. The van der Waals surface area contributed by atoms with Crippen molar-refractivity contribution in [3.05, 3.63) is 71.1 Å². The lowest BCUT2D eigenvalue weighted by molar-refractivity contribution is 0.544. The smallest absolute Gasteiger partial charge is 0.0358 e. The van der Waals surface area contributed by atoms with Gasteiger partial charge in [-0.25, -0.2) is 0 Å². The second-order valence-electron chi connectivity index (χ2n) is 10.4. The van der Waals surface area contributed by atoms with Crippen molar-refractivity contribution < 1.29 is 0 Å². The average molecular weight is 438 g/mol. The van der Waals surface area contributed by atoms with Crippen LogP contribution in [-0.2, 0) is 0 Å². The lowest BCUT2D eigenvalue weighted by Crippen LogP contribution is -1.96. The van der Waals surface area contributed by atoms with Crippen molar-refractivity contribution in [3.8, 4) is 0 Å². The second kappa shape index (κ2) is 36.3. The Bertz CT molecular complexity index is 282. The molecule has 0 aliphatic carbocycles. The van der Waals surface area contributed by atoms with E-state index in [2.05, 4.69) is 96.2 Å². The van der Waals surface area contributed by atoms with Crippen LogP contribution in [0.1, 0.15) is 104 Å². The molecule has 0 aromatic rings. The Balaban J connectivity index is -0.0000000437. The zero-order chi connectivity index (χ0) is 27.4.